The molecule has 6 heteroatoms. The fourth-order valence-electron chi connectivity index (χ4n) is 2.96. The van der Waals surface area contributed by atoms with Crippen molar-refractivity contribution in [3.05, 3.63) is 52.0 Å². The molecule has 0 aliphatic carbocycles. The molecule has 1 amide bonds. The summed E-state index contributed by atoms with van der Waals surface area (Å²) in [5.41, 5.74) is 1.80. The average molecular weight is 345 g/mol. The summed E-state index contributed by atoms with van der Waals surface area (Å²) >= 11 is 1.58. The molecule has 2 aromatic rings. The minimum Gasteiger partial charge on any atom is -0.387 e. The molecular weight excluding hydrogens is 322 g/mol. The maximum absolute atomic E-state index is 12.3. The highest BCUT2D eigenvalue weighted by atomic mass is 32.1. The molecule has 1 N–H and O–H groups in total. The molecule has 0 bridgehead atoms. The molecule has 1 saturated heterocycles. The Morgan fingerprint density at radius 2 is 1.96 bits per heavy atom. The number of nitrogens with zero attached hydrogens (tertiary/aromatic N) is 3. The molecule has 128 valence electrons. The molecule has 0 spiro atoms. The predicted octanol–water partition coefficient (Wildman–Crippen LogP) is 1.87. The van der Waals surface area contributed by atoms with E-state index in [0.717, 1.165) is 29.4 Å². The third kappa shape index (κ3) is 4.41. The number of piperazine rings is 1. The zero-order valence-corrected chi connectivity index (χ0v) is 14.7. The number of hydrogen-bond donors (Lipinski definition) is 1. The summed E-state index contributed by atoms with van der Waals surface area (Å²) in [6.45, 7) is 5.58. The van der Waals surface area contributed by atoms with Crippen molar-refractivity contribution in [3.63, 3.8) is 0 Å². The summed E-state index contributed by atoms with van der Waals surface area (Å²) in [5.74, 6) is 0.142. The lowest BCUT2D eigenvalue weighted by Crippen LogP contribution is -2.50. The van der Waals surface area contributed by atoms with Crippen LogP contribution in [0.1, 0.15) is 22.4 Å². The van der Waals surface area contributed by atoms with Gasteiger partial charge in [0.1, 0.15) is 0 Å². The first-order chi connectivity index (χ1) is 11.6. The van der Waals surface area contributed by atoms with E-state index < -0.39 is 6.10 Å². The molecule has 0 saturated carbocycles. The van der Waals surface area contributed by atoms with Crippen LogP contribution in [-0.2, 0) is 11.2 Å². The van der Waals surface area contributed by atoms with Crippen LogP contribution in [0.4, 0.5) is 0 Å². The number of thiazole rings is 1. The zero-order valence-electron chi connectivity index (χ0n) is 13.9. The van der Waals surface area contributed by atoms with Gasteiger partial charge in [-0.05, 0) is 12.5 Å². The van der Waals surface area contributed by atoms with Gasteiger partial charge in [-0.25, -0.2) is 4.98 Å². The topological polar surface area (TPSA) is 56.7 Å². The van der Waals surface area contributed by atoms with Gasteiger partial charge in [-0.1, -0.05) is 30.3 Å². The second kappa shape index (κ2) is 7.88. The van der Waals surface area contributed by atoms with Gasteiger partial charge < -0.3 is 10.0 Å². The van der Waals surface area contributed by atoms with Crippen LogP contribution in [0.15, 0.2) is 35.7 Å². The largest absolute Gasteiger partial charge is 0.387 e. The molecule has 1 aliphatic rings. The summed E-state index contributed by atoms with van der Waals surface area (Å²) in [7, 11) is 0. The standard InChI is InChI=1S/C18H23N3O2S/c1-14-19-16(13-24-14)11-18(23)21-9-7-20(8-10-21)12-17(22)15-5-3-2-4-6-15/h2-6,13,17,22H,7-12H2,1H3. The molecule has 3 rings (SSSR count). The molecule has 24 heavy (non-hydrogen) atoms. The number of hydrogen-bond acceptors (Lipinski definition) is 5. The maximum atomic E-state index is 12.3. The fourth-order valence-corrected chi connectivity index (χ4v) is 3.57. The Labute approximate surface area is 146 Å². The number of benzene rings is 1. The van der Waals surface area contributed by atoms with Crippen molar-refractivity contribution in [3.8, 4) is 0 Å². The molecule has 1 aromatic carbocycles. The summed E-state index contributed by atoms with van der Waals surface area (Å²) in [5, 5.41) is 13.3. The number of aromatic nitrogens is 1. The van der Waals surface area contributed by atoms with Gasteiger partial charge >= 0.3 is 0 Å². The van der Waals surface area contributed by atoms with Crippen LogP contribution in [0, 0.1) is 6.92 Å². The van der Waals surface area contributed by atoms with Crippen LogP contribution in [0.5, 0.6) is 0 Å². The number of rotatable bonds is 5. The Bertz CT molecular complexity index is 666. The van der Waals surface area contributed by atoms with E-state index in [2.05, 4.69) is 9.88 Å². The molecule has 5 nitrogen and oxygen atoms in total. The lowest BCUT2D eigenvalue weighted by Gasteiger charge is -2.35. The highest BCUT2D eigenvalue weighted by molar-refractivity contribution is 7.09. The molecule has 1 unspecified atom stereocenters. The highest BCUT2D eigenvalue weighted by Crippen LogP contribution is 2.15. The van der Waals surface area contributed by atoms with Crippen molar-refractivity contribution in [2.45, 2.75) is 19.4 Å². The minimum absolute atomic E-state index is 0.142. The minimum atomic E-state index is -0.480. The quantitative estimate of drug-likeness (QED) is 0.899. The molecule has 2 heterocycles. The Hall–Kier alpha value is -1.76. The number of β-amino-alcohol motifs (C(OH)–C–C–N with tert-alkyl or cyclic N) is 1. The first-order valence-corrected chi connectivity index (χ1v) is 9.14. The van der Waals surface area contributed by atoms with Crippen molar-refractivity contribution in [2.75, 3.05) is 32.7 Å². The second-order valence-corrected chi connectivity index (χ2v) is 7.20. The van der Waals surface area contributed by atoms with Crippen LogP contribution in [0.25, 0.3) is 0 Å². The predicted molar refractivity (Wildman–Crippen MR) is 95.0 cm³/mol. The van der Waals surface area contributed by atoms with Gasteiger partial charge in [0.05, 0.1) is 23.2 Å². The van der Waals surface area contributed by atoms with E-state index in [0.29, 0.717) is 26.1 Å². The molecule has 1 atom stereocenters. The normalized spacial score (nSPS) is 17.0. The molecule has 0 radical (unpaired) electrons. The molecule has 1 aromatic heterocycles. The zero-order chi connectivity index (χ0) is 16.9. The monoisotopic (exact) mass is 345 g/mol. The van der Waals surface area contributed by atoms with Gasteiger partial charge in [-0.15, -0.1) is 11.3 Å². The SMILES string of the molecule is Cc1nc(CC(=O)N2CCN(CC(O)c3ccccc3)CC2)cs1. The van der Waals surface area contributed by atoms with Crippen LogP contribution < -0.4 is 0 Å². The Morgan fingerprint density at radius 3 is 2.58 bits per heavy atom. The van der Waals surface area contributed by atoms with Crippen LogP contribution in [0.2, 0.25) is 0 Å². The van der Waals surface area contributed by atoms with Crippen molar-refractivity contribution < 1.29 is 9.90 Å². The van der Waals surface area contributed by atoms with Gasteiger partial charge in [0, 0.05) is 38.1 Å². The Balaban J connectivity index is 1.46. The Kier molecular flexibility index (Phi) is 5.60. The highest BCUT2D eigenvalue weighted by Gasteiger charge is 2.23. The van der Waals surface area contributed by atoms with E-state index in [9.17, 15) is 9.90 Å². The molecule has 1 aliphatic heterocycles. The van der Waals surface area contributed by atoms with Gasteiger partial charge in [-0.2, -0.15) is 0 Å². The Morgan fingerprint density at radius 1 is 1.25 bits per heavy atom. The molecular formula is C18H23N3O2S. The van der Waals surface area contributed by atoms with Gasteiger partial charge in [-0.3, -0.25) is 9.69 Å². The summed E-state index contributed by atoms with van der Waals surface area (Å²) in [4.78, 5) is 20.8. The van der Waals surface area contributed by atoms with E-state index >= 15 is 0 Å². The van der Waals surface area contributed by atoms with Crippen LogP contribution in [-0.4, -0.2) is 58.5 Å². The number of carbonyl (C=O) groups excluding carboxylic acids is 1. The van der Waals surface area contributed by atoms with E-state index in [-0.39, 0.29) is 5.91 Å². The second-order valence-electron chi connectivity index (χ2n) is 6.14. The number of amides is 1. The van der Waals surface area contributed by atoms with Crippen molar-refractivity contribution in [1.29, 1.82) is 0 Å². The fraction of sp³-hybridized carbons (Fsp3) is 0.444. The van der Waals surface area contributed by atoms with Gasteiger partial charge in [0.2, 0.25) is 5.91 Å². The molecule has 1 fully saturated rings. The van der Waals surface area contributed by atoms with E-state index in [1.165, 1.54) is 0 Å². The first-order valence-electron chi connectivity index (χ1n) is 8.26. The summed E-state index contributed by atoms with van der Waals surface area (Å²) < 4.78 is 0. The first kappa shape index (κ1) is 17.1. The number of aliphatic hydroxyl groups is 1. The third-order valence-corrected chi connectivity index (χ3v) is 5.16. The van der Waals surface area contributed by atoms with Crippen LogP contribution >= 0.6 is 11.3 Å². The maximum Gasteiger partial charge on any atom is 0.228 e. The van der Waals surface area contributed by atoms with Crippen LogP contribution in [0.3, 0.4) is 0 Å². The van der Waals surface area contributed by atoms with Crippen molar-refractivity contribution >= 4 is 17.2 Å². The van der Waals surface area contributed by atoms with Gasteiger partial charge in [0.15, 0.2) is 0 Å². The van der Waals surface area contributed by atoms with E-state index in [4.69, 9.17) is 0 Å². The number of carbonyl (C=O) groups is 1. The van der Waals surface area contributed by atoms with Gasteiger partial charge in [0.25, 0.3) is 0 Å². The number of aliphatic hydroxyl groups excluding tert-OH is 1. The lowest BCUT2D eigenvalue weighted by atomic mass is 10.1. The smallest absolute Gasteiger partial charge is 0.228 e. The van der Waals surface area contributed by atoms with Crippen molar-refractivity contribution in [2.24, 2.45) is 0 Å². The average Bonchev–Trinajstić information content (AvgIpc) is 3.01. The summed E-state index contributed by atoms with van der Waals surface area (Å²) in [6.07, 6.45) is -0.0943. The summed E-state index contributed by atoms with van der Waals surface area (Å²) in [6, 6.07) is 9.72. The van der Waals surface area contributed by atoms with E-state index in [1.807, 2.05) is 47.5 Å². The number of aryl methyl sites for hydroxylation is 1. The van der Waals surface area contributed by atoms with Crippen molar-refractivity contribution in [1.82, 2.24) is 14.8 Å². The van der Waals surface area contributed by atoms with E-state index in [1.54, 1.807) is 11.3 Å². The lowest BCUT2D eigenvalue weighted by molar-refractivity contribution is -0.132. The third-order valence-electron chi connectivity index (χ3n) is 4.34.